The third-order valence-electron chi connectivity index (χ3n) is 4.50. The van der Waals surface area contributed by atoms with Gasteiger partial charge in [0.15, 0.2) is 0 Å². The summed E-state index contributed by atoms with van der Waals surface area (Å²) in [5.41, 5.74) is 1.25. The van der Waals surface area contributed by atoms with Crippen LogP contribution in [0.5, 0.6) is 0 Å². The summed E-state index contributed by atoms with van der Waals surface area (Å²) >= 11 is 0. The average molecular weight is 365 g/mol. The molecule has 3 N–H and O–H groups in total. The lowest BCUT2D eigenvalue weighted by Crippen LogP contribution is -3.13. The maximum atomic E-state index is 8.42. The van der Waals surface area contributed by atoms with E-state index < -0.39 is 7.32 Å². The van der Waals surface area contributed by atoms with Gasteiger partial charge in [-0.3, -0.25) is 7.32 Å². The zero-order valence-corrected chi connectivity index (χ0v) is 19.8. The van der Waals surface area contributed by atoms with Crippen molar-refractivity contribution in [1.29, 1.82) is 0 Å². The molecule has 25 heavy (non-hydrogen) atoms. The van der Waals surface area contributed by atoms with Crippen molar-refractivity contribution in [2.24, 2.45) is 0 Å². The topological polar surface area (TPSA) is 82.5 Å². The van der Waals surface area contributed by atoms with Gasteiger partial charge in [0.2, 0.25) is 0 Å². The Bertz CT molecular complexity index is 244. The summed E-state index contributed by atoms with van der Waals surface area (Å²) < 4.78 is 0. The SMILES string of the molecule is C[NH+](C)C(C)(C)C.C[NH+](C)C(C)(C)C.C[NH+](C)C(C)(C)C.[O-]B([O-])[O-]. The van der Waals surface area contributed by atoms with Gasteiger partial charge in [-0.05, 0) is 62.3 Å². The zero-order valence-electron chi connectivity index (χ0n) is 19.8. The summed E-state index contributed by atoms with van der Waals surface area (Å²) in [5.74, 6) is 0. The largest absolute Gasteiger partial charge is 0.907 e. The van der Waals surface area contributed by atoms with Gasteiger partial charge in [-0.25, -0.2) is 0 Å². The Morgan fingerprint density at radius 1 is 0.440 bits per heavy atom. The van der Waals surface area contributed by atoms with E-state index in [1.807, 2.05) is 0 Å². The maximum Gasteiger partial charge on any atom is 0.0887 e. The van der Waals surface area contributed by atoms with Crippen LogP contribution in [-0.4, -0.2) is 66.2 Å². The Balaban J connectivity index is -0.000000120. The van der Waals surface area contributed by atoms with Gasteiger partial charge in [0, 0.05) is 0 Å². The lowest BCUT2D eigenvalue weighted by molar-refractivity contribution is -0.908. The molecule has 0 aromatic carbocycles. The predicted molar refractivity (Wildman–Crippen MR) is 103 cm³/mol. The first-order valence-electron chi connectivity index (χ1n) is 8.96. The first-order chi connectivity index (χ1) is 10.6. The van der Waals surface area contributed by atoms with Crippen molar-refractivity contribution < 1.29 is 29.8 Å². The molecular formula is C18H48BN3O3. The summed E-state index contributed by atoms with van der Waals surface area (Å²) in [6.07, 6.45) is 0. The molecule has 0 saturated heterocycles. The number of rotatable bonds is 0. The Kier molecular flexibility index (Phi) is 18.1. The second-order valence-electron chi connectivity index (χ2n) is 10.0. The third-order valence-corrected chi connectivity index (χ3v) is 4.50. The van der Waals surface area contributed by atoms with Gasteiger partial charge >= 0.3 is 0 Å². The Morgan fingerprint density at radius 2 is 0.480 bits per heavy atom. The molecule has 0 aliphatic carbocycles. The highest BCUT2D eigenvalue weighted by Gasteiger charge is 2.16. The highest BCUT2D eigenvalue weighted by molar-refractivity contribution is 6.24. The molecule has 0 fully saturated rings. The van der Waals surface area contributed by atoms with Gasteiger partial charge in [0.05, 0.1) is 58.9 Å². The van der Waals surface area contributed by atoms with Crippen LogP contribution in [0.15, 0.2) is 0 Å². The van der Waals surface area contributed by atoms with Gasteiger partial charge < -0.3 is 29.8 Å². The lowest BCUT2D eigenvalue weighted by Gasteiger charge is -2.35. The number of hydrogen-bond donors (Lipinski definition) is 3. The second kappa shape index (κ2) is 14.0. The van der Waals surface area contributed by atoms with Crippen molar-refractivity contribution in [3.8, 4) is 0 Å². The van der Waals surface area contributed by atoms with E-state index in [9.17, 15) is 0 Å². The molecule has 0 spiro atoms. The van der Waals surface area contributed by atoms with Crippen molar-refractivity contribution in [1.82, 2.24) is 0 Å². The van der Waals surface area contributed by atoms with Crippen LogP contribution in [0.2, 0.25) is 0 Å². The molecule has 0 aromatic heterocycles. The third kappa shape index (κ3) is 35.7. The van der Waals surface area contributed by atoms with E-state index in [4.69, 9.17) is 15.1 Å². The first kappa shape index (κ1) is 32.5. The molecule has 0 unspecified atom stereocenters. The van der Waals surface area contributed by atoms with Gasteiger partial charge in [-0.2, -0.15) is 0 Å². The molecular weight excluding hydrogens is 317 g/mol. The van der Waals surface area contributed by atoms with E-state index >= 15 is 0 Å². The molecule has 7 heteroatoms. The van der Waals surface area contributed by atoms with E-state index in [0.29, 0.717) is 16.6 Å². The number of hydrogen-bond acceptors (Lipinski definition) is 3. The lowest BCUT2D eigenvalue weighted by atomic mass is 10.1. The smallest absolute Gasteiger partial charge is 0.0887 e. The van der Waals surface area contributed by atoms with Crippen LogP contribution >= 0.6 is 0 Å². The highest BCUT2D eigenvalue weighted by atomic mass is 16.5. The fourth-order valence-corrected chi connectivity index (χ4v) is 0. The minimum absolute atomic E-state index is 0.417. The molecule has 156 valence electrons. The summed E-state index contributed by atoms with van der Waals surface area (Å²) in [6, 6.07) is 0. The molecule has 0 atom stereocenters. The van der Waals surface area contributed by atoms with Gasteiger partial charge in [0.25, 0.3) is 0 Å². The predicted octanol–water partition coefficient (Wildman–Crippen LogP) is -4.16. The summed E-state index contributed by atoms with van der Waals surface area (Å²) in [5, 5.41) is 25.2. The molecule has 6 nitrogen and oxygen atoms in total. The van der Waals surface area contributed by atoms with E-state index in [1.165, 1.54) is 14.7 Å². The van der Waals surface area contributed by atoms with Crippen LogP contribution in [0, 0.1) is 0 Å². The second-order valence-corrected chi connectivity index (χ2v) is 10.0. The Hall–Kier alpha value is -0.175. The van der Waals surface area contributed by atoms with E-state index in [0.717, 1.165) is 0 Å². The molecule has 0 rings (SSSR count). The first-order valence-corrected chi connectivity index (χ1v) is 8.96. The molecule has 0 aromatic rings. The molecule has 0 amide bonds. The molecule has 0 aliphatic heterocycles. The fraction of sp³-hybridized carbons (Fsp3) is 1.00. The molecule has 0 heterocycles. The zero-order chi connectivity index (χ0) is 21.8. The van der Waals surface area contributed by atoms with Gasteiger partial charge in [-0.1, -0.05) is 0 Å². The van der Waals surface area contributed by atoms with Crippen molar-refractivity contribution >= 4 is 7.32 Å². The van der Waals surface area contributed by atoms with E-state index in [2.05, 4.69) is 105 Å². The van der Waals surface area contributed by atoms with Gasteiger partial charge in [-0.15, -0.1) is 0 Å². The van der Waals surface area contributed by atoms with Crippen LogP contribution in [-0.2, 0) is 0 Å². The van der Waals surface area contributed by atoms with Crippen LogP contribution in [0.4, 0.5) is 0 Å². The minimum atomic E-state index is -2.92. The molecule has 0 saturated carbocycles. The maximum absolute atomic E-state index is 8.42. The van der Waals surface area contributed by atoms with E-state index in [-0.39, 0.29) is 0 Å². The standard InChI is InChI=1S/3C6H15N.BO3/c3*1-6(2,3)7(4)5;2-1(3)4/h3*1-5H3;/q;;;-3/p+3. The van der Waals surface area contributed by atoms with Gasteiger partial charge in [0.1, 0.15) is 0 Å². The minimum Gasteiger partial charge on any atom is -0.907 e. The Labute approximate surface area is 159 Å². The van der Waals surface area contributed by atoms with Crippen molar-refractivity contribution in [2.45, 2.75) is 78.9 Å². The average Bonchev–Trinajstić information content (AvgIpc) is 2.25. The van der Waals surface area contributed by atoms with Crippen molar-refractivity contribution in [3.05, 3.63) is 0 Å². The highest BCUT2D eigenvalue weighted by Crippen LogP contribution is 1.89. The van der Waals surface area contributed by atoms with Crippen LogP contribution in [0.3, 0.4) is 0 Å². The Morgan fingerprint density at radius 3 is 0.480 bits per heavy atom. The number of nitrogens with one attached hydrogen (secondary N) is 3. The molecule has 0 aliphatic rings. The van der Waals surface area contributed by atoms with Crippen LogP contribution in [0.1, 0.15) is 62.3 Å². The summed E-state index contributed by atoms with van der Waals surface area (Å²) in [4.78, 5) is 4.48. The van der Waals surface area contributed by atoms with Crippen LogP contribution < -0.4 is 29.8 Å². The van der Waals surface area contributed by atoms with Crippen molar-refractivity contribution in [3.63, 3.8) is 0 Å². The van der Waals surface area contributed by atoms with E-state index in [1.54, 1.807) is 0 Å². The van der Waals surface area contributed by atoms with Crippen LogP contribution in [0.25, 0.3) is 0 Å². The molecule has 0 bridgehead atoms. The summed E-state index contributed by atoms with van der Waals surface area (Å²) in [7, 11) is 10.1. The molecule has 0 radical (unpaired) electrons. The normalized spacial score (nSPS) is 11.9. The fourth-order valence-electron chi connectivity index (χ4n) is 0. The quantitative estimate of drug-likeness (QED) is 0.381. The summed E-state index contributed by atoms with van der Waals surface area (Å²) in [6.45, 7) is 20.0. The number of quaternary nitrogens is 3. The van der Waals surface area contributed by atoms with Crippen molar-refractivity contribution in [2.75, 3.05) is 42.3 Å². The monoisotopic (exact) mass is 365 g/mol.